The smallest absolute Gasteiger partial charge is 0.305 e. The van der Waals surface area contributed by atoms with Gasteiger partial charge in [0.2, 0.25) is 0 Å². The van der Waals surface area contributed by atoms with E-state index in [-0.39, 0.29) is 18.4 Å². The number of aliphatic carboxylic acids is 1. The second-order valence-electron chi connectivity index (χ2n) is 4.40. The van der Waals surface area contributed by atoms with Crippen LogP contribution < -0.4 is 0 Å². The Morgan fingerprint density at radius 2 is 2.00 bits per heavy atom. The van der Waals surface area contributed by atoms with Crippen molar-refractivity contribution < 1.29 is 14.7 Å². The Morgan fingerprint density at radius 1 is 1.33 bits per heavy atom. The number of halogens is 1. The maximum Gasteiger partial charge on any atom is 0.305 e. The Hall–Kier alpha value is -1.11. The molecule has 0 bridgehead atoms. The number of carbonyl (C=O) groups is 2. The molecule has 1 atom stereocenters. The molecular formula is C13H14INO3. The van der Waals surface area contributed by atoms with Gasteiger partial charge in [-0.15, -0.1) is 0 Å². The summed E-state index contributed by atoms with van der Waals surface area (Å²) in [5.41, 5.74) is 0.632. The van der Waals surface area contributed by atoms with Gasteiger partial charge in [-0.1, -0.05) is 0 Å². The Morgan fingerprint density at radius 3 is 2.61 bits per heavy atom. The van der Waals surface area contributed by atoms with E-state index in [1.54, 1.807) is 17.0 Å². The molecule has 1 heterocycles. The van der Waals surface area contributed by atoms with Gasteiger partial charge in [0, 0.05) is 21.7 Å². The highest BCUT2D eigenvalue weighted by Gasteiger charge is 2.30. The van der Waals surface area contributed by atoms with Crippen LogP contribution in [0.15, 0.2) is 24.3 Å². The molecular weight excluding hydrogens is 345 g/mol. The van der Waals surface area contributed by atoms with Gasteiger partial charge in [-0.3, -0.25) is 9.59 Å². The van der Waals surface area contributed by atoms with Crippen LogP contribution in [0, 0.1) is 3.57 Å². The van der Waals surface area contributed by atoms with Gasteiger partial charge in [0.1, 0.15) is 0 Å². The van der Waals surface area contributed by atoms with Gasteiger partial charge in [-0.05, 0) is 59.7 Å². The zero-order valence-electron chi connectivity index (χ0n) is 9.80. The van der Waals surface area contributed by atoms with Gasteiger partial charge in [-0.25, -0.2) is 0 Å². The van der Waals surface area contributed by atoms with Crippen molar-refractivity contribution in [3.8, 4) is 0 Å². The van der Waals surface area contributed by atoms with Crippen LogP contribution in [-0.2, 0) is 4.79 Å². The zero-order chi connectivity index (χ0) is 13.1. The van der Waals surface area contributed by atoms with Crippen molar-refractivity contribution in [3.63, 3.8) is 0 Å². The molecule has 5 heteroatoms. The lowest BCUT2D eigenvalue weighted by molar-refractivity contribution is -0.137. The highest BCUT2D eigenvalue weighted by atomic mass is 127. The van der Waals surface area contributed by atoms with Gasteiger partial charge in [0.05, 0.1) is 6.42 Å². The van der Waals surface area contributed by atoms with Gasteiger partial charge in [0.25, 0.3) is 5.91 Å². The van der Waals surface area contributed by atoms with Crippen molar-refractivity contribution in [2.24, 2.45) is 0 Å². The summed E-state index contributed by atoms with van der Waals surface area (Å²) in [4.78, 5) is 24.7. The van der Waals surface area contributed by atoms with E-state index in [2.05, 4.69) is 22.6 Å². The fourth-order valence-corrected chi connectivity index (χ4v) is 2.63. The summed E-state index contributed by atoms with van der Waals surface area (Å²) < 4.78 is 1.08. The predicted octanol–water partition coefficient (Wildman–Crippen LogP) is 2.37. The van der Waals surface area contributed by atoms with Crippen LogP contribution in [-0.4, -0.2) is 34.5 Å². The number of carboxylic acids is 1. The average molecular weight is 359 g/mol. The van der Waals surface area contributed by atoms with Crippen LogP contribution >= 0.6 is 22.6 Å². The van der Waals surface area contributed by atoms with Gasteiger partial charge < -0.3 is 10.0 Å². The molecule has 1 saturated heterocycles. The Balaban J connectivity index is 2.12. The molecule has 0 spiro atoms. The van der Waals surface area contributed by atoms with E-state index in [1.165, 1.54) is 0 Å². The van der Waals surface area contributed by atoms with E-state index in [1.807, 2.05) is 12.1 Å². The van der Waals surface area contributed by atoms with Crippen LogP contribution in [0.1, 0.15) is 29.6 Å². The van der Waals surface area contributed by atoms with E-state index < -0.39 is 5.97 Å². The maximum absolute atomic E-state index is 12.3. The molecule has 0 aromatic heterocycles. The lowest BCUT2D eigenvalue weighted by atomic mass is 10.1. The molecule has 1 fully saturated rings. The van der Waals surface area contributed by atoms with E-state index in [4.69, 9.17) is 5.11 Å². The van der Waals surface area contributed by atoms with Crippen LogP contribution in [0.5, 0.6) is 0 Å². The summed E-state index contributed by atoms with van der Waals surface area (Å²) in [6.07, 6.45) is 1.70. The highest BCUT2D eigenvalue weighted by Crippen LogP contribution is 2.22. The largest absolute Gasteiger partial charge is 0.481 e. The molecule has 1 N–H and O–H groups in total. The molecule has 1 aliphatic heterocycles. The summed E-state index contributed by atoms with van der Waals surface area (Å²) in [6, 6.07) is 7.20. The molecule has 0 saturated carbocycles. The predicted molar refractivity (Wildman–Crippen MR) is 75.5 cm³/mol. The summed E-state index contributed by atoms with van der Waals surface area (Å²) in [7, 11) is 0. The first-order chi connectivity index (χ1) is 8.58. The van der Waals surface area contributed by atoms with Crippen molar-refractivity contribution >= 4 is 34.5 Å². The molecule has 1 aliphatic rings. The molecule has 1 unspecified atom stereocenters. The van der Waals surface area contributed by atoms with Crippen LogP contribution in [0.25, 0.3) is 0 Å². The normalized spacial score (nSPS) is 18.9. The second kappa shape index (κ2) is 5.69. The summed E-state index contributed by atoms with van der Waals surface area (Å²) in [5, 5.41) is 8.84. The van der Waals surface area contributed by atoms with Crippen molar-refractivity contribution in [3.05, 3.63) is 33.4 Å². The van der Waals surface area contributed by atoms with Crippen molar-refractivity contribution in [2.45, 2.75) is 25.3 Å². The van der Waals surface area contributed by atoms with Gasteiger partial charge in [-0.2, -0.15) is 0 Å². The Kier molecular flexibility index (Phi) is 4.21. The first-order valence-electron chi connectivity index (χ1n) is 5.86. The van der Waals surface area contributed by atoms with E-state index in [9.17, 15) is 9.59 Å². The number of rotatable bonds is 3. The zero-order valence-corrected chi connectivity index (χ0v) is 12.0. The number of benzene rings is 1. The van der Waals surface area contributed by atoms with Crippen LogP contribution in [0.3, 0.4) is 0 Å². The van der Waals surface area contributed by atoms with Crippen molar-refractivity contribution in [1.82, 2.24) is 4.90 Å². The lowest BCUT2D eigenvalue weighted by Gasteiger charge is -2.23. The third-order valence-corrected chi connectivity index (χ3v) is 3.86. The van der Waals surface area contributed by atoms with Crippen LogP contribution in [0.4, 0.5) is 0 Å². The number of amides is 1. The summed E-state index contributed by atoms with van der Waals surface area (Å²) in [5.74, 6) is -0.905. The molecule has 18 heavy (non-hydrogen) atoms. The van der Waals surface area contributed by atoms with Gasteiger partial charge in [0.15, 0.2) is 0 Å². The summed E-state index contributed by atoms with van der Waals surface area (Å²) >= 11 is 2.19. The third kappa shape index (κ3) is 3.01. The molecule has 4 nitrogen and oxygen atoms in total. The monoisotopic (exact) mass is 359 g/mol. The Labute approximate surface area is 119 Å². The number of hydrogen-bond acceptors (Lipinski definition) is 2. The van der Waals surface area contributed by atoms with E-state index in [0.717, 1.165) is 16.4 Å². The quantitative estimate of drug-likeness (QED) is 0.844. The summed E-state index contributed by atoms with van der Waals surface area (Å²) in [6.45, 7) is 0.656. The minimum atomic E-state index is -0.845. The fraction of sp³-hybridized carbons (Fsp3) is 0.385. The third-order valence-electron chi connectivity index (χ3n) is 3.14. The number of likely N-dealkylation sites (tertiary alicyclic amines) is 1. The second-order valence-corrected chi connectivity index (χ2v) is 5.64. The SMILES string of the molecule is O=C(O)CC1CCCN1C(=O)c1ccc(I)cc1. The van der Waals surface area contributed by atoms with Crippen molar-refractivity contribution in [2.75, 3.05) is 6.54 Å². The molecule has 0 aliphatic carbocycles. The minimum Gasteiger partial charge on any atom is -0.481 e. The van der Waals surface area contributed by atoms with Crippen LogP contribution in [0.2, 0.25) is 0 Å². The molecule has 96 valence electrons. The highest BCUT2D eigenvalue weighted by molar-refractivity contribution is 14.1. The number of carbonyl (C=O) groups excluding carboxylic acids is 1. The van der Waals surface area contributed by atoms with E-state index >= 15 is 0 Å². The minimum absolute atomic E-state index is 0.0378. The molecule has 1 aromatic rings. The molecule has 1 aromatic carbocycles. The lowest BCUT2D eigenvalue weighted by Crippen LogP contribution is -2.36. The molecule has 2 rings (SSSR count). The van der Waals surface area contributed by atoms with Crippen molar-refractivity contribution in [1.29, 1.82) is 0 Å². The average Bonchev–Trinajstić information content (AvgIpc) is 2.76. The Bertz CT molecular complexity index is 458. The maximum atomic E-state index is 12.3. The standard InChI is InChI=1S/C13H14INO3/c14-10-5-3-9(4-6-10)13(18)15-7-1-2-11(15)8-12(16)17/h3-6,11H,1-2,7-8H2,(H,16,17). The number of hydrogen-bond donors (Lipinski definition) is 1. The number of carboxylic acid groups (broad SMARTS) is 1. The first kappa shape index (κ1) is 13.3. The van der Waals surface area contributed by atoms with E-state index in [0.29, 0.717) is 12.1 Å². The fourth-order valence-electron chi connectivity index (χ4n) is 2.28. The number of nitrogens with zero attached hydrogens (tertiary/aromatic N) is 1. The topological polar surface area (TPSA) is 57.6 Å². The molecule has 0 radical (unpaired) electrons. The molecule has 1 amide bonds. The van der Waals surface area contributed by atoms with Gasteiger partial charge >= 0.3 is 5.97 Å². The first-order valence-corrected chi connectivity index (χ1v) is 6.94.